The molecule has 1 aromatic heterocycles. The normalized spacial score (nSPS) is 12.7. The third kappa shape index (κ3) is 2.68. The molecule has 1 heterocycles. The van der Waals surface area contributed by atoms with E-state index in [2.05, 4.69) is 4.98 Å². The molecule has 6 heteroatoms. The molecule has 0 radical (unpaired) electrons. The van der Waals surface area contributed by atoms with E-state index in [1.165, 1.54) is 0 Å². The number of nitrogens with zero attached hydrogens (tertiary/aromatic N) is 2. The molecular formula is C13H16N2O3S. The minimum atomic E-state index is -0.969. The number of aryl methyl sites for hydroxylation is 2. The summed E-state index contributed by atoms with van der Waals surface area (Å²) in [5, 5.41) is 9.24. The second-order valence-electron chi connectivity index (χ2n) is 4.22. The van der Waals surface area contributed by atoms with Gasteiger partial charge in [0.25, 0.3) is 0 Å². The molecule has 0 aliphatic rings. The van der Waals surface area contributed by atoms with Gasteiger partial charge in [0, 0.05) is 28.9 Å². The molecule has 102 valence electrons. The molecule has 1 N–H and O–H groups in total. The predicted octanol–water partition coefficient (Wildman–Crippen LogP) is 1.81. The molecule has 0 saturated carbocycles. The van der Waals surface area contributed by atoms with Gasteiger partial charge < -0.3 is 9.67 Å². The average Bonchev–Trinajstić information content (AvgIpc) is 2.71. The lowest BCUT2D eigenvalue weighted by molar-refractivity contribution is 0.0698. The van der Waals surface area contributed by atoms with Crippen LogP contribution < -0.4 is 0 Å². The van der Waals surface area contributed by atoms with E-state index in [4.69, 9.17) is 0 Å². The van der Waals surface area contributed by atoms with E-state index in [9.17, 15) is 14.1 Å². The number of benzene rings is 1. The fraction of sp³-hybridized carbons (Fsp3) is 0.385. The molecule has 2 aromatic rings. The molecular weight excluding hydrogens is 264 g/mol. The number of carbonyl (C=O) groups is 1. The number of aromatic carboxylic acids is 1. The molecule has 19 heavy (non-hydrogen) atoms. The molecule has 0 amide bonds. The summed E-state index contributed by atoms with van der Waals surface area (Å²) in [6.45, 7) is 4.23. The van der Waals surface area contributed by atoms with Gasteiger partial charge in [-0.05, 0) is 19.1 Å². The Balaban J connectivity index is 2.50. The summed E-state index contributed by atoms with van der Waals surface area (Å²) in [6.07, 6.45) is 0. The number of imidazole rings is 1. The summed E-state index contributed by atoms with van der Waals surface area (Å²) in [5.41, 5.74) is 1.51. The Bertz CT molecular complexity index is 649. The number of carboxylic acids is 1. The topological polar surface area (TPSA) is 72.2 Å². The smallest absolute Gasteiger partial charge is 0.337 e. The van der Waals surface area contributed by atoms with Crippen molar-refractivity contribution in [1.82, 2.24) is 9.55 Å². The van der Waals surface area contributed by atoms with Crippen LogP contribution in [0.25, 0.3) is 11.0 Å². The summed E-state index contributed by atoms with van der Waals surface area (Å²) < 4.78 is 13.4. The standard InChI is InChI=1S/C13H16N2O3S/c1-3-19(18)8-7-15-9(2)14-11-6-4-5-10(12(11)15)13(16)17/h4-6H,3,7-8H2,1-2H3,(H,16,17). The monoisotopic (exact) mass is 280 g/mol. The fourth-order valence-electron chi connectivity index (χ4n) is 2.09. The highest BCUT2D eigenvalue weighted by atomic mass is 32.2. The zero-order valence-electron chi connectivity index (χ0n) is 10.9. The Morgan fingerprint density at radius 1 is 1.47 bits per heavy atom. The molecule has 5 nitrogen and oxygen atoms in total. The highest BCUT2D eigenvalue weighted by Gasteiger charge is 2.15. The molecule has 1 atom stereocenters. The third-order valence-corrected chi connectivity index (χ3v) is 4.33. The van der Waals surface area contributed by atoms with Crippen molar-refractivity contribution in [3.63, 3.8) is 0 Å². The fourth-order valence-corrected chi connectivity index (χ4v) is 2.76. The minimum Gasteiger partial charge on any atom is -0.478 e. The quantitative estimate of drug-likeness (QED) is 0.906. The predicted molar refractivity (Wildman–Crippen MR) is 75.0 cm³/mol. The van der Waals surface area contributed by atoms with E-state index in [1.807, 2.05) is 18.4 Å². The van der Waals surface area contributed by atoms with E-state index >= 15 is 0 Å². The number of aromatic nitrogens is 2. The first-order chi connectivity index (χ1) is 9.04. The van der Waals surface area contributed by atoms with E-state index < -0.39 is 16.8 Å². The first kappa shape index (κ1) is 13.7. The number of rotatable bonds is 5. The lowest BCUT2D eigenvalue weighted by Gasteiger charge is -2.08. The maximum absolute atomic E-state index is 11.5. The summed E-state index contributed by atoms with van der Waals surface area (Å²) in [4.78, 5) is 15.6. The lowest BCUT2D eigenvalue weighted by Crippen LogP contribution is -2.11. The molecule has 0 aliphatic heterocycles. The van der Waals surface area contributed by atoms with E-state index in [0.29, 0.717) is 29.1 Å². The van der Waals surface area contributed by atoms with Gasteiger partial charge in [-0.15, -0.1) is 0 Å². The zero-order valence-corrected chi connectivity index (χ0v) is 11.7. The molecule has 1 unspecified atom stereocenters. The second kappa shape index (κ2) is 5.52. The van der Waals surface area contributed by atoms with Gasteiger partial charge in [-0.25, -0.2) is 9.78 Å². The van der Waals surface area contributed by atoms with E-state index in [0.717, 1.165) is 5.82 Å². The van der Waals surface area contributed by atoms with Crippen molar-refractivity contribution in [1.29, 1.82) is 0 Å². The summed E-state index contributed by atoms with van der Waals surface area (Å²) in [5.74, 6) is 0.897. The number of para-hydroxylation sites is 1. The minimum absolute atomic E-state index is 0.236. The molecule has 0 spiro atoms. The number of carboxylic acid groups (broad SMARTS) is 1. The lowest BCUT2D eigenvalue weighted by atomic mass is 10.2. The van der Waals surface area contributed by atoms with Crippen LogP contribution in [0, 0.1) is 6.92 Å². The van der Waals surface area contributed by atoms with Crippen molar-refractivity contribution >= 4 is 27.8 Å². The van der Waals surface area contributed by atoms with Gasteiger partial charge in [0.1, 0.15) is 5.82 Å². The van der Waals surface area contributed by atoms with Crippen LogP contribution in [0.15, 0.2) is 18.2 Å². The molecule has 2 rings (SSSR count). The summed E-state index contributed by atoms with van der Waals surface area (Å²) in [6, 6.07) is 5.05. The number of fused-ring (bicyclic) bond motifs is 1. The van der Waals surface area contributed by atoms with Gasteiger partial charge in [0.2, 0.25) is 0 Å². The maximum atomic E-state index is 11.5. The third-order valence-electron chi connectivity index (χ3n) is 3.05. The van der Waals surface area contributed by atoms with Gasteiger partial charge in [-0.1, -0.05) is 13.0 Å². The van der Waals surface area contributed by atoms with Crippen LogP contribution in [-0.4, -0.2) is 36.3 Å². The summed E-state index contributed by atoms with van der Waals surface area (Å²) >= 11 is 0. The van der Waals surface area contributed by atoms with Crippen LogP contribution in [0.2, 0.25) is 0 Å². The average molecular weight is 280 g/mol. The van der Waals surface area contributed by atoms with Crippen molar-refractivity contribution in [2.24, 2.45) is 0 Å². The van der Waals surface area contributed by atoms with Crippen LogP contribution in [-0.2, 0) is 17.3 Å². The maximum Gasteiger partial charge on any atom is 0.337 e. The zero-order chi connectivity index (χ0) is 14.0. The summed E-state index contributed by atoms with van der Waals surface area (Å²) in [7, 11) is -0.876. The Morgan fingerprint density at radius 3 is 2.84 bits per heavy atom. The molecule has 0 bridgehead atoms. The van der Waals surface area contributed by atoms with Gasteiger partial charge in [0.05, 0.1) is 16.6 Å². The van der Waals surface area contributed by atoms with Gasteiger partial charge in [0.15, 0.2) is 0 Å². The van der Waals surface area contributed by atoms with Crippen molar-refractivity contribution in [2.45, 2.75) is 20.4 Å². The highest BCUT2D eigenvalue weighted by molar-refractivity contribution is 7.84. The van der Waals surface area contributed by atoms with Crippen LogP contribution in [0.3, 0.4) is 0 Å². The Morgan fingerprint density at radius 2 is 2.21 bits per heavy atom. The molecule has 0 saturated heterocycles. The Kier molecular flexibility index (Phi) is 3.99. The SMILES string of the molecule is CCS(=O)CCn1c(C)nc2cccc(C(=O)O)c21. The van der Waals surface area contributed by atoms with E-state index in [-0.39, 0.29) is 5.56 Å². The first-order valence-electron chi connectivity index (χ1n) is 6.08. The molecule has 0 fully saturated rings. The van der Waals surface area contributed by atoms with Crippen molar-refractivity contribution in [2.75, 3.05) is 11.5 Å². The van der Waals surface area contributed by atoms with Crippen LogP contribution in [0.4, 0.5) is 0 Å². The highest BCUT2D eigenvalue weighted by Crippen LogP contribution is 2.20. The van der Waals surface area contributed by atoms with Crippen molar-refractivity contribution in [3.8, 4) is 0 Å². The number of hydrogen-bond donors (Lipinski definition) is 1. The van der Waals surface area contributed by atoms with Gasteiger partial charge in [-0.2, -0.15) is 0 Å². The number of hydrogen-bond acceptors (Lipinski definition) is 3. The second-order valence-corrected chi connectivity index (χ2v) is 6.09. The molecule has 1 aromatic carbocycles. The van der Waals surface area contributed by atoms with E-state index in [1.54, 1.807) is 18.2 Å². The molecule has 0 aliphatic carbocycles. The van der Waals surface area contributed by atoms with Crippen molar-refractivity contribution < 1.29 is 14.1 Å². The Hall–Kier alpha value is -1.69. The van der Waals surface area contributed by atoms with Crippen LogP contribution >= 0.6 is 0 Å². The van der Waals surface area contributed by atoms with Crippen LogP contribution in [0.1, 0.15) is 23.1 Å². The Labute approximate surface area is 113 Å². The first-order valence-corrected chi connectivity index (χ1v) is 7.57. The van der Waals surface area contributed by atoms with Gasteiger partial charge in [-0.3, -0.25) is 4.21 Å². The largest absolute Gasteiger partial charge is 0.478 e. The van der Waals surface area contributed by atoms with Crippen LogP contribution in [0.5, 0.6) is 0 Å². The van der Waals surface area contributed by atoms with Crippen molar-refractivity contribution in [3.05, 3.63) is 29.6 Å². The van der Waals surface area contributed by atoms with Gasteiger partial charge >= 0.3 is 5.97 Å².